The monoisotopic (exact) mass is 560 g/mol. The van der Waals surface area contributed by atoms with E-state index in [2.05, 4.69) is 65.4 Å². The molecular weight excluding hydrogens is 520 g/mol. The molecule has 0 bridgehead atoms. The molecule has 0 saturated heterocycles. The van der Waals surface area contributed by atoms with Crippen molar-refractivity contribution in [1.29, 1.82) is 0 Å². The number of benzene rings is 1. The standard InChI is InChI=1S/C12H18.C9H22N2S2.Ni.H2O.Ru/c1-7-8(2)10(4)12(6)11(5)9(7)3;1-10(6-8-12)4-3-5-11(2)7-9-13;;;/h1-6H3;12-13H,3-9H2,1-2H3;;1H2;/q;;+2;;+2/p-2. The zero-order chi connectivity index (χ0) is 19.6. The summed E-state index contributed by atoms with van der Waals surface area (Å²) in [6, 6.07) is 0. The average Bonchev–Trinajstić information content (AvgIpc) is 2.57. The Kier molecular flexibility index (Phi) is 25.7. The third kappa shape index (κ3) is 13.3. The molecule has 0 aliphatic heterocycles. The summed E-state index contributed by atoms with van der Waals surface area (Å²) in [5.41, 5.74) is 8.73. The van der Waals surface area contributed by atoms with E-state index in [-0.39, 0.29) is 41.4 Å². The zero-order valence-corrected chi connectivity index (χ0v) is 23.2. The Balaban J connectivity index is -0.000000186. The number of hydrogen-bond donors (Lipinski definition) is 0. The normalized spacial score (nSPS) is 9.86. The Morgan fingerprint density at radius 1 is 0.571 bits per heavy atom. The number of hydrogen-bond acceptors (Lipinski definition) is 4. The molecule has 0 aliphatic rings. The third-order valence-electron chi connectivity index (χ3n) is 5.40. The Morgan fingerprint density at radius 2 is 0.786 bits per heavy atom. The first kappa shape index (κ1) is 36.3. The van der Waals surface area contributed by atoms with Crippen molar-refractivity contribution in [2.75, 3.05) is 51.8 Å². The molecule has 0 heterocycles. The smallest absolute Gasteiger partial charge is 0.791 e. The van der Waals surface area contributed by atoms with Crippen molar-refractivity contribution in [1.82, 2.24) is 9.80 Å². The second kappa shape index (κ2) is 19.9. The summed E-state index contributed by atoms with van der Waals surface area (Å²) in [4.78, 5) is 4.57. The van der Waals surface area contributed by atoms with E-state index in [0.29, 0.717) is 0 Å². The van der Waals surface area contributed by atoms with Crippen LogP contribution in [0.2, 0.25) is 0 Å². The van der Waals surface area contributed by atoms with Gasteiger partial charge in [0.25, 0.3) is 0 Å². The van der Waals surface area contributed by atoms with Gasteiger partial charge in [-0.25, -0.2) is 0 Å². The molecule has 0 aliphatic carbocycles. The van der Waals surface area contributed by atoms with E-state index in [1.165, 1.54) is 39.8 Å². The molecule has 1 rings (SSSR count). The van der Waals surface area contributed by atoms with E-state index in [4.69, 9.17) is 25.3 Å². The Morgan fingerprint density at radius 3 is 0.964 bits per heavy atom. The molecule has 0 radical (unpaired) electrons. The van der Waals surface area contributed by atoms with Gasteiger partial charge in [-0.3, -0.25) is 0 Å². The molecule has 0 atom stereocenters. The van der Waals surface area contributed by atoms with Crippen LogP contribution in [0, 0.1) is 41.5 Å². The Bertz CT molecular complexity index is 417. The summed E-state index contributed by atoms with van der Waals surface area (Å²) >= 11 is 9.81. The maximum absolute atomic E-state index is 4.91. The molecular formula is C21H40N2NiORuS2+2. The van der Waals surface area contributed by atoms with Crippen LogP contribution in [0.15, 0.2) is 0 Å². The van der Waals surface area contributed by atoms with Crippen molar-refractivity contribution in [3.05, 3.63) is 33.4 Å². The fourth-order valence-electron chi connectivity index (χ4n) is 2.83. The average molecular weight is 560 g/mol. The SMILES string of the molecule is CN(CC[S-])CCCN(C)CC[S-].Cc1c(C)c(C)c(C)c(C)c1C.O.[Ni+2].[Ru+2]. The summed E-state index contributed by atoms with van der Waals surface area (Å²) in [6.45, 7) is 17.6. The molecule has 1 aromatic carbocycles. The van der Waals surface area contributed by atoms with Gasteiger partial charge in [0.2, 0.25) is 0 Å². The molecule has 0 amide bonds. The minimum Gasteiger partial charge on any atom is -0.791 e. The first-order valence-corrected chi connectivity index (χ1v) is 10.4. The topological polar surface area (TPSA) is 38.0 Å². The summed E-state index contributed by atoms with van der Waals surface area (Å²) in [6.07, 6.45) is 1.21. The van der Waals surface area contributed by atoms with Gasteiger partial charge in [-0.05, 0) is 122 Å². The van der Waals surface area contributed by atoms with Crippen LogP contribution in [0.25, 0.3) is 0 Å². The quantitative estimate of drug-likeness (QED) is 0.362. The van der Waals surface area contributed by atoms with Crippen molar-refractivity contribution >= 4 is 25.3 Å². The predicted octanol–water partition coefficient (Wildman–Crippen LogP) is 3.04. The molecule has 0 unspecified atom stereocenters. The molecule has 0 aromatic heterocycles. The molecule has 2 N–H and O–H groups in total. The Labute approximate surface area is 208 Å². The molecule has 0 fully saturated rings. The first-order chi connectivity index (χ1) is 11.7. The second-order valence-corrected chi connectivity index (χ2v) is 7.93. The van der Waals surface area contributed by atoms with E-state index >= 15 is 0 Å². The largest absolute Gasteiger partial charge is 2.00 e. The Hall–Kier alpha value is 0.917. The fourth-order valence-corrected chi connectivity index (χ4v) is 3.46. The molecule has 28 heavy (non-hydrogen) atoms. The van der Waals surface area contributed by atoms with Gasteiger partial charge >= 0.3 is 36.0 Å². The van der Waals surface area contributed by atoms with E-state index < -0.39 is 0 Å². The van der Waals surface area contributed by atoms with E-state index in [9.17, 15) is 0 Å². The number of rotatable bonds is 8. The van der Waals surface area contributed by atoms with Crippen LogP contribution in [0.4, 0.5) is 0 Å². The predicted molar refractivity (Wildman–Crippen MR) is 123 cm³/mol. The van der Waals surface area contributed by atoms with Crippen LogP contribution in [0.1, 0.15) is 39.8 Å². The van der Waals surface area contributed by atoms with Gasteiger partial charge < -0.3 is 40.5 Å². The minimum absolute atomic E-state index is 0. The molecule has 1 aromatic rings. The van der Waals surface area contributed by atoms with Crippen LogP contribution in [-0.4, -0.2) is 67.1 Å². The van der Waals surface area contributed by atoms with Crippen LogP contribution in [0.5, 0.6) is 0 Å². The van der Waals surface area contributed by atoms with Crippen LogP contribution >= 0.6 is 0 Å². The second-order valence-electron chi connectivity index (χ2n) is 7.12. The summed E-state index contributed by atoms with van der Waals surface area (Å²) in [5.74, 6) is 1.66. The van der Waals surface area contributed by atoms with Gasteiger partial charge in [-0.15, -0.1) is 0 Å². The van der Waals surface area contributed by atoms with Crippen molar-refractivity contribution in [3.63, 3.8) is 0 Å². The van der Waals surface area contributed by atoms with Gasteiger partial charge in [-0.2, -0.15) is 11.5 Å². The van der Waals surface area contributed by atoms with Crippen molar-refractivity contribution in [3.8, 4) is 0 Å². The number of nitrogens with zero attached hydrogens (tertiary/aromatic N) is 2. The van der Waals surface area contributed by atoms with Crippen molar-refractivity contribution in [2.45, 2.75) is 48.0 Å². The summed E-state index contributed by atoms with van der Waals surface area (Å²) in [5, 5.41) is 0. The first-order valence-electron chi connectivity index (χ1n) is 9.24. The van der Waals surface area contributed by atoms with Crippen LogP contribution < -0.4 is 0 Å². The fraction of sp³-hybridized carbons (Fsp3) is 0.714. The molecule has 0 spiro atoms. The summed E-state index contributed by atoms with van der Waals surface area (Å²) < 4.78 is 0. The molecule has 7 heteroatoms. The van der Waals surface area contributed by atoms with Gasteiger partial charge in [0.05, 0.1) is 0 Å². The van der Waals surface area contributed by atoms with E-state index in [1.54, 1.807) is 0 Å². The van der Waals surface area contributed by atoms with E-state index in [0.717, 1.165) is 37.7 Å². The summed E-state index contributed by atoms with van der Waals surface area (Å²) in [7, 11) is 4.25. The molecule has 3 nitrogen and oxygen atoms in total. The maximum atomic E-state index is 4.91. The van der Waals surface area contributed by atoms with Gasteiger partial charge in [-0.1, -0.05) is 0 Å². The van der Waals surface area contributed by atoms with Gasteiger partial charge in [0, 0.05) is 0 Å². The van der Waals surface area contributed by atoms with Gasteiger partial charge in [0.15, 0.2) is 0 Å². The van der Waals surface area contributed by atoms with Crippen molar-refractivity contribution in [2.24, 2.45) is 0 Å². The molecule has 0 saturated carbocycles. The van der Waals surface area contributed by atoms with E-state index in [1.807, 2.05) is 0 Å². The zero-order valence-electron chi connectivity index (χ0n) is 18.8. The van der Waals surface area contributed by atoms with Crippen LogP contribution in [0.3, 0.4) is 0 Å². The minimum atomic E-state index is 0. The van der Waals surface area contributed by atoms with Crippen molar-refractivity contribution < 1.29 is 41.4 Å². The molecule has 168 valence electrons. The van der Waals surface area contributed by atoms with Gasteiger partial charge in [0.1, 0.15) is 0 Å². The third-order valence-corrected chi connectivity index (χ3v) is 5.77. The maximum Gasteiger partial charge on any atom is 2.00 e. The van der Waals surface area contributed by atoms with Crippen LogP contribution in [-0.2, 0) is 61.2 Å².